The van der Waals surface area contributed by atoms with Gasteiger partial charge in [0.25, 0.3) is 0 Å². The molecule has 1 atom stereocenters. The van der Waals surface area contributed by atoms with Gasteiger partial charge in [0.1, 0.15) is 6.04 Å². The van der Waals surface area contributed by atoms with Gasteiger partial charge in [-0.15, -0.1) is 0 Å². The lowest BCUT2D eigenvalue weighted by atomic mass is 10.1. The summed E-state index contributed by atoms with van der Waals surface area (Å²) in [5.74, 6) is -0.217. The Morgan fingerprint density at radius 2 is 2.05 bits per heavy atom. The molecule has 1 heterocycles. The van der Waals surface area contributed by atoms with E-state index in [9.17, 15) is 4.79 Å². The molecule has 7 nitrogen and oxygen atoms in total. The monoisotopic (exact) mass is 302 g/mol. The normalized spacial score (nSPS) is 12.1. The smallest absolute Gasteiger partial charge is 0.328 e. The number of aromatic nitrogens is 3. The predicted molar refractivity (Wildman–Crippen MR) is 74.9 cm³/mol. The maximum atomic E-state index is 11.7. The molecule has 0 saturated carbocycles. The Morgan fingerprint density at radius 3 is 2.60 bits per heavy atom. The summed E-state index contributed by atoms with van der Waals surface area (Å²) in [6, 6.07) is -0.445. The Kier molecular flexibility index (Phi) is 6.44. The van der Waals surface area contributed by atoms with E-state index in [1.54, 1.807) is 0 Å². The van der Waals surface area contributed by atoms with Crippen LogP contribution in [0.1, 0.15) is 27.2 Å². The van der Waals surface area contributed by atoms with E-state index in [1.807, 2.05) is 20.8 Å². The van der Waals surface area contributed by atoms with E-state index in [4.69, 9.17) is 21.1 Å². The second kappa shape index (κ2) is 7.84. The van der Waals surface area contributed by atoms with E-state index in [-0.39, 0.29) is 23.2 Å². The van der Waals surface area contributed by atoms with Gasteiger partial charge in [-0.3, -0.25) is 0 Å². The molecule has 0 fully saturated rings. The Labute approximate surface area is 123 Å². The third-order valence-electron chi connectivity index (χ3n) is 2.43. The van der Waals surface area contributed by atoms with Crippen LogP contribution in [0.2, 0.25) is 5.28 Å². The molecule has 0 aromatic carbocycles. The van der Waals surface area contributed by atoms with Gasteiger partial charge >= 0.3 is 12.0 Å². The summed E-state index contributed by atoms with van der Waals surface area (Å²) in [6.07, 6.45) is 0.822. The second-order valence-electron chi connectivity index (χ2n) is 4.45. The van der Waals surface area contributed by atoms with E-state index in [0.717, 1.165) is 6.42 Å². The number of hydrogen-bond donors (Lipinski definition) is 1. The zero-order valence-electron chi connectivity index (χ0n) is 12.0. The molecule has 0 bridgehead atoms. The molecule has 0 amide bonds. The van der Waals surface area contributed by atoms with Crippen molar-refractivity contribution < 1.29 is 14.3 Å². The van der Waals surface area contributed by atoms with Crippen LogP contribution in [0.25, 0.3) is 0 Å². The number of anilines is 1. The van der Waals surface area contributed by atoms with Gasteiger partial charge in [0.15, 0.2) is 0 Å². The molecule has 8 heteroatoms. The van der Waals surface area contributed by atoms with Crippen LogP contribution in [-0.2, 0) is 9.53 Å². The van der Waals surface area contributed by atoms with Gasteiger partial charge in [0, 0.05) is 0 Å². The molecule has 0 aliphatic rings. The number of methoxy groups -OCH3 is 1. The fraction of sp³-hybridized carbons (Fsp3) is 0.667. The Morgan fingerprint density at radius 1 is 1.35 bits per heavy atom. The summed E-state index contributed by atoms with van der Waals surface area (Å²) >= 11 is 5.81. The number of carbonyl (C=O) groups excluding carboxylic acids is 1. The lowest BCUT2D eigenvalue weighted by Crippen LogP contribution is -2.36. The van der Waals surface area contributed by atoms with Gasteiger partial charge in [-0.2, -0.15) is 15.0 Å². The lowest BCUT2D eigenvalue weighted by molar-refractivity contribution is -0.142. The summed E-state index contributed by atoms with van der Waals surface area (Å²) in [6.45, 7) is 6.20. The molecule has 0 aliphatic carbocycles. The van der Waals surface area contributed by atoms with Crippen LogP contribution >= 0.6 is 11.6 Å². The third kappa shape index (κ3) is 4.80. The average molecular weight is 303 g/mol. The lowest BCUT2D eigenvalue weighted by Gasteiger charge is -2.19. The van der Waals surface area contributed by atoms with Gasteiger partial charge in [-0.1, -0.05) is 20.8 Å². The number of ether oxygens (including phenoxy) is 2. The first-order valence-electron chi connectivity index (χ1n) is 6.36. The van der Waals surface area contributed by atoms with Crippen molar-refractivity contribution >= 4 is 23.5 Å². The van der Waals surface area contributed by atoms with E-state index in [2.05, 4.69) is 20.3 Å². The molecule has 1 rings (SSSR count). The first-order valence-corrected chi connectivity index (χ1v) is 6.74. The first kappa shape index (κ1) is 16.4. The number of esters is 1. The summed E-state index contributed by atoms with van der Waals surface area (Å²) in [5.41, 5.74) is 0. The van der Waals surface area contributed by atoms with Crippen molar-refractivity contribution in [3.05, 3.63) is 5.28 Å². The molecule has 0 radical (unpaired) electrons. The van der Waals surface area contributed by atoms with Crippen molar-refractivity contribution in [1.82, 2.24) is 15.0 Å². The highest BCUT2D eigenvalue weighted by molar-refractivity contribution is 6.28. The van der Waals surface area contributed by atoms with E-state index in [0.29, 0.717) is 6.61 Å². The first-order chi connectivity index (χ1) is 9.47. The van der Waals surface area contributed by atoms with Gasteiger partial charge in [-0.05, 0) is 23.9 Å². The number of carbonyl (C=O) groups is 1. The van der Waals surface area contributed by atoms with Gasteiger partial charge in [0.05, 0.1) is 13.7 Å². The van der Waals surface area contributed by atoms with Crippen LogP contribution in [0.3, 0.4) is 0 Å². The standard InChI is InChI=1S/C12H19ClN4O3/c1-5-6-20-12-16-10(13)15-11(17-12)14-8(7(2)3)9(18)19-4/h7-8H,5-6H2,1-4H3,(H,14,15,16,17). The highest BCUT2D eigenvalue weighted by Gasteiger charge is 2.24. The Bertz CT molecular complexity index is 456. The Balaban J connectivity index is 2.89. The highest BCUT2D eigenvalue weighted by Crippen LogP contribution is 2.15. The molecule has 0 saturated heterocycles. The number of rotatable bonds is 7. The Hall–Kier alpha value is -1.63. The van der Waals surface area contributed by atoms with Crippen molar-refractivity contribution in [2.24, 2.45) is 5.92 Å². The van der Waals surface area contributed by atoms with Crippen LogP contribution in [0.5, 0.6) is 6.01 Å². The van der Waals surface area contributed by atoms with Crippen molar-refractivity contribution in [3.8, 4) is 6.01 Å². The van der Waals surface area contributed by atoms with Crippen molar-refractivity contribution in [3.63, 3.8) is 0 Å². The molecule has 1 aromatic rings. The molecule has 1 unspecified atom stereocenters. The van der Waals surface area contributed by atoms with Crippen molar-refractivity contribution in [2.75, 3.05) is 19.0 Å². The summed E-state index contributed by atoms with van der Waals surface area (Å²) in [7, 11) is 1.33. The summed E-state index contributed by atoms with van der Waals surface area (Å²) in [4.78, 5) is 23.5. The molecule has 0 spiro atoms. The van der Waals surface area contributed by atoms with Gasteiger partial charge < -0.3 is 14.8 Å². The molecule has 1 aromatic heterocycles. The molecule has 112 valence electrons. The zero-order valence-corrected chi connectivity index (χ0v) is 12.8. The maximum absolute atomic E-state index is 11.7. The summed E-state index contributed by atoms with van der Waals surface area (Å²) in [5, 5.41) is 2.89. The van der Waals surface area contributed by atoms with E-state index < -0.39 is 12.0 Å². The zero-order chi connectivity index (χ0) is 15.1. The highest BCUT2D eigenvalue weighted by atomic mass is 35.5. The largest absolute Gasteiger partial charge is 0.467 e. The predicted octanol–water partition coefficient (Wildman–Crippen LogP) is 1.92. The van der Waals surface area contributed by atoms with Gasteiger partial charge in [-0.25, -0.2) is 4.79 Å². The number of nitrogens with zero attached hydrogens (tertiary/aromatic N) is 3. The van der Waals surface area contributed by atoms with Crippen LogP contribution < -0.4 is 10.1 Å². The second-order valence-corrected chi connectivity index (χ2v) is 4.79. The topological polar surface area (TPSA) is 86.2 Å². The van der Waals surface area contributed by atoms with Crippen molar-refractivity contribution in [1.29, 1.82) is 0 Å². The molecular weight excluding hydrogens is 284 g/mol. The quantitative estimate of drug-likeness (QED) is 0.770. The number of halogens is 1. The molecule has 1 N–H and O–H groups in total. The SMILES string of the molecule is CCCOc1nc(Cl)nc(NC(C(=O)OC)C(C)C)n1. The minimum atomic E-state index is -0.572. The van der Waals surface area contributed by atoms with Crippen LogP contribution in [-0.4, -0.2) is 40.7 Å². The van der Waals surface area contributed by atoms with Crippen LogP contribution in [0, 0.1) is 5.92 Å². The number of nitrogens with one attached hydrogen (secondary N) is 1. The molecule has 20 heavy (non-hydrogen) atoms. The summed E-state index contributed by atoms with van der Waals surface area (Å²) < 4.78 is 10.0. The van der Waals surface area contributed by atoms with Crippen LogP contribution in [0.4, 0.5) is 5.95 Å². The minimum absolute atomic E-state index is 0.000903. The fourth-order valence-corrected chi connectivity index (χ4v) is 1.57. The number of hydrogen-bond acceptors (Lipinski definition) is 7. The van der Waals surface area contributed by atoms with E-state index in [1.165, 1.54) is 7.11 Å². The van der Waals surface area contributed by atoms with Crippen molar-refractivity contribution in [2.45, 2.75) is 33.2 Å². The van der Waals surface area contributed by atoms with Crippen LogP contribution in [0.15, 0.2) is 0 Å². The minimum Gasteiger partial charge on any atom is -0.467 e. The average Bonchev–Trinajstić information content (AvgIpc) is 2.40. The van der Waals surface area contributed by atoms with Gasteiger partial charge in [0.2, 0.25) is 11.2 Å². The third-order valence-corrected chi connectivity index (χ3v) is 2.60. The van der Waals surface area contributed by atoms with E-state index >= 15 is 0 Å². The molecule has 0 aliphatic heterocycles. The maximum Gasteiger partial charge on any atom is 0.328 e. The molecular formula is C12H19ClN4O3. The fourth-order valence-electron chi connectivity index (χ4n) is 1.42.